The minimum atomic E-state index is 0.396. The van der Waals surface area contributed by atoms with E-state index in [1.165, 1.54) is 51.1 Å². The summed E-state index contributed by atoms with van der Waals surface area (Å²) >= 11 is 1.94. The minimum absolute atomic E-state index is 0.396. The molecule has 1 aliphatic carbocycles. The second-order valence-electron chi connectivity index (χ2n) is 7.58. The lowest BCUT2D eigenvalue weighted by Gasteiger charge is -2.34. The zero-order valence-corrected chi connectivity index (χ0v) is 15.5. The molecule has 0 spiro atoms. The van der Waals surface area contributed by atoms with Crippen molar-refractivity contribution in [3.05, 3.63) is 0 Å². The number of carbonyl (C=O) groups is 1. The van der Waals surface area contributed by atoms with Crippen molar-refractivity contribution >= 4 is 17.7 Å². The molecule has 23 heavy (non-hydrogen) atoms. The summed E-state index contributed by atoms with van der Waals surface area (Å²) in [6, 6.07) is 1.21. The van der Waals surface area contributed by atoms with Crippen LogP contribution in [-0.2, 0) is 4.79 Å². The van der Waals surface area contributed by atoms with Gasteiger partial charge in [0.1, 0.15) is 0 Å². The molecule has 2 aliphatic heterocycles. The molecule has 0 aromatic rings. The van der Waals surface area contributed by atoms with Crippen molar-refractivity contribution in [3.8, 4) is 0 Å². The zero-order chi connectivity index (χ0) is 16.1. The SMILES string of the molecule is CSCCN1CCC(NC2CCC(=O)N(CC3CC3)CC2)CC1. The number of likely N-dealkylation sites (tertiary alicyclic amines) is 2. The maximum atomic E-state index is 12.2. The van der Waals surface area contributed by atoms with Crippen LogP contribution in [0.15, 0.2) is 0 Å². The van der Waals surface area contributed by atoms with E-state index in [9.17, 15) is 4.79 Å². The third-order valence-corrected chi connectivity index (χ3v) is 6.24. The monoisotopic (exact) mass is 339 g/mol. The van der Waals surface area contributed by atoms with E-state index in [2.05, 4.69) is 21.4 Å². The van der Waals surface area contributed by atoms with Gasteiger partial charge in [-0.05, 0) is 63.8 Å². The molecule has 1 unspecified atom stereocenters. The smallest absolute Gasteiger partial charge is 0.222 e. The Morgan fingerprint density at radius 1 is 1.04 bits per heavy atom. The molecule has 1 amide bonds. The van der Waals surface area contributed by atoms with Crippen LogP contribution in [0.25, 0.3) is 0 Å². The van der Waals surface area contributed by atoms with Crippen molar-refractivity contribution in [2.24, 2.45) is 5.92 Å². The van der Waals surface area contributed by atoms with Gasteiger partial charge >= 0.3 is 0 Å². The molecule has 1 N–H and O–H groups in total. The maximum absolute atomic E-state index is 12.2. The first-order valence-electron chi connectivity index (χ1n) is 9.49. The largest absolute Gasteiger partial charge is 0.342 e. The molecule has 3 fully saturated rings. The van der Waals surface area contributed by atoms with Crippen LogP contribution in [0.3, 0.4) is 0 Å². The second-order valence-corrected chi connectivity index (χ2v) is 8.57. The van der Waals surface area contributed by atoms with E-state index < -0.39 is 0 Å². The third kappa shape index (κ3) is 5.64. The molecular weight excluding hydrogens is 306 g/mol. The maximum Gasteiger partial charge on any atom is 0.222 e. The first-order valence-corrected chi connectivity index (χ1v) is 10.9. The van der Waals surface area contributed by atoms with Crippen LogP contribution in [0, 0.1) is 5.92 Å². The standard InChI is InChI=1S/C18H33N3OS/c1-23-13-12-20-9-6-17(7-10-20)19-16-4-5-18(22)21(11-8-16)14-15-2-3-15/h15-17,19H,2-14H2,1H3. The minimum Gasteiger partial charge on any atom is -0.342 e. The average Bonchev–Trinajstić information content (AvgIpc) is 3.39. The summed E-state index contributed by atoms with van der Waals surface area (Å²) in [7, 11) is 0. The number of amides is 1. The van der Waals surface area contributed by atoms with Crippen LogP contribution >= 0.6 is 11.8 Å². The average molecular weight is 340 g/mol. The van der Waals surface area contributed by atoms with Crippen molar-refractivity contribution in [1.29, 1.82) is 0 Å². The molecule has 132 valence electrons. The highest BCUT2D eigenvalue weighted by atomic mass is 32.2. The van der Waals surface area contributed by atoms with Crippen molar-refractivity contribution < 1.29 is 4.79 Å². The number of thioether (sulfide) groups is 1. The Kier molecular flexibility index (Phi) is 6.66. The molecule has 1 saturated carbocycles. The highest BCUT2D eigenvalue weighted by Crippen LogP contribution is 2.30. The van der Waals surface area contributed by atoms with Gasteiger partial charge < -0.3 is 15.1 Å². The fourth-order valence-electron chi connectivity index (χ4n) is 3.89. The second kappa shape index (κ2) is 8.72. The van der Waals surface area contributed by atoms with Crippen molar-refractivity contribution in [1.82, 2.24) is 15.1 Å². The van der Waals surface area contributed by atoms with Crippen LogP contribution < -0.4 is 5.32 Å². The third-order valence-electron chi connectivity index (χ3n) is 5.65. The number of carbonyl (C=O) groups excluding carboxylic acids is 1. The molecule has 3 rings (SSSR count). The number of piperidine rings is 1. The van der Waals surface area contributed by atoms with E-state index in [0.717, 1.165) is 38.3 Å². The Morgan fingerprint density at radius 3 is 2.43 bits per heavy atom. The lowest BCUT2D eigenvalue weighted by molar-refractivity contribution is -0.130. The highest BCUT2D eigenvalue weighted by Gasteiger charge is 2.30. The number of hydrogen-bond donors (Lipinski definition) is 1. The van der Waals surface area contributed by atoms with Crippen LogP contribution in [0.2, 0.25) is 0 Å². The lowest BCUT2D eigenvalue weighted by Crippen LogP contribution is -2.46. The molecular formula is C18H33N3OS. The Balaban J connectivity index is 1.38. The fourth-order valence-corrected chi connectivity index (χ4v) is 4.33. The first kappa shape index (κ1) is 17.6. The molecule has 2 saturated heterocycles. The summed E-state index contributed by atoms with van der Waals surface area (Å²) in [6.07, 6.45) is 10.3. The highest BCUT2D eigenvalue weighted by molar-refractivity contribution is 7.98. The Hall–Kier alpha value is -0.260. The molecule has 0 aromatic heterocycles. The van der Waals surface area contributed by atoms with Gasteiger partial charge in [0.05, 0.1) is 0 Å². The number of rotatable bonds is 7. The van der Waals surface area contributed by atoms with E-state index in [1.807, 2.05) is 11.8 Å². The molecule has 3 aliphatic rings. The number of nitrogens with zero attached hydrogens (tertiary/aromatic N) is 2. The number of nitrogens with one attached hydrogen (secondary N) is 1. The predicted octanol–water partition coefficient (Wildman–Crippen LogP) is 2.19. The molecule has 0 radical (unpaired) electrons. The molecule has 5 heteroatoms. The molecule has 4 nitrogen and oxygen atoms in total. The normalized spacial score (nSPS) is 28.1. The summed E-state index contributed by atoms with van der Waals surface area (Å²) in [6.45, 7) is 5.70. The van der Waals surface area contributed by atoms with Crippen molar-refractivity contribution in [2.75, 3.05) is 44.7 Å². The lowest BCUT2D eigenvalue weighted by atomic mass is 10.0. The quantitative estimate of drug-likeness (QED) is 0.771. The van der Waals surface area contributed by atoms with Crippen LogP contribution in [0.4, 0.5) is 0 Å². The Labute approximate surface area is 145 Å². The summed E-state index contributed by atoms with van der Waals surface area (Å²) in [5.74, 6) is 2.46. The van der Waals surface area contributed by atoms with E-state index in [0.29, 0.717) is 18.0 Å². The van der Waals surface area contributed by atoms with Gasteiger partial charge in [0.15, 0.2) is 0 Å². The Morgan fingerprint density at radius 2 is 1.74 bits per heavy atom. The van der Waals surface area contributed by atoms with Gasteiger partial charge in [-0.15, -0.1) is 0 Å². The van der Waals surface area contributed by atoms with Gasteiger partial charge in [-0.2, -0.15) is 11.8 Å². The van der Waals surface area contributed by atoms with E-state index in [1.54, 1.807) is 0 Å². The van der Waals surface area contributed by atoms with Crippen molar-refractivity contribution in [3.63, 3.8) is 0 Å². The Bertz CT molecular complexity index is 380. The summed E-state index contributed by atoms with van der Waals surface area (Å²) in [5.41, 5.74) is 0. The fraction of sp³-hybridized carbons (Fsp3) is 0.944. The van der Waals surface area contributed by atoms with E-state index >= 15 is 0 Å². The van der Waals surface area contributed by atoms with Gasteiger partial charge in [0.2, 0.25) is 5.91 Å². The molecule has 0 bridgehead atoms. The molecule has 2 heterocycles. The van der Waals surface area contributed by atoms with Crippen molar-refractivity contribution in [2.45, 2.75) is 57.0 Å². The van der Waals surface area contributed by atoms with Crippen LogP contribution in [0.5, 0.6) is 0 Å². The molecule has 1 atom stereocenters. The van der Waals surface area contributed by atoms with E-state index in [4.69, 9.17) is 0 Å². The number of hydrogen-bond acceptors (Lipinski definition) is 4. The topological polar surface area (TPSA) is 35.6 Å². The molecule has 0 aromatic carbocycles. The van der Waals surface area contributed by atoms with Gasteiger partial charge in [-0.1, -0.05) is 0 Å². The van der Waals surface area contributed by atoms with Gasteiger partial charge in [0, 0.05) is 43.9 Å². The zero-order valence-electron chi connectivity index (χ0n) is 14.6. The predicted molar refractivity (Wildman–Crippen MR) is 97.9 cm³/mol. The first-order chi connectivity index (χ1) is 11.2. The van der Waals surface area contributed by atoms with Crippen LogP contribution in [-0.4, -0.2) is 72.5 Å². The summed E-state index contributed by atoms with van der Waals surface area (Å²) < 4.78 is 0. The van der Waals surface area contributed by atoms with Crippen LogP contribution in [0.1, 0.15) is 44.9 Å². The van der Waals surface area contributed by atoms with E-state index in [-0.39, 0.29) is 0 Å². The van der Waals surface area contributed by atoms with Gasteiger partial charge in [-0.25, -0.2) is 0 Å². The summed E-state index contributed by atoms with van der Waals surface area (Å²) in [5, 5.41) is 3.87. The summed E-state index contributed by atoms with van der Waals surface area (Å²) in [4.78, 5) is 17.0. The van der Waals surface area contributed by atoms with Gasteiger partial charge in [0.25, 0.3) is 0 Å². The van der Waals surface area contributed by atoms with Gasteiger partial charge in [-0.3, -0.25) is 4.79 Å².